The van der Waals surface area contributed by atoms with E-state index in [0.29, 0.717) is 12.2 Å². The van der Waals surface area contributed by atoms with Crippen LogP contribution in [0.2, 0.25) is 0 Å². The number of carbonyl (C=O) groups excluding carboxylic acids is 1. The molecule has 2 heterocycles. The van der Waals surface area contributed by atoms with E-state index in [9.17, 15) is 9.90 Å². The van der Waals surface area contributed by atoms with E-state index in [1.807, 2.05) is 38.1 Å². The van der Waals surface area contributed by atoms with Gasteiger partial charge in [-0.25, -0.2) is 9.78 Å². The van der Waals surface area contributed by atoms with E-state index in [-0.39, 0.29) is 12.1 Å². The molecule has 0 spiro atoms. The minimum Gasteiger partial charge on any atom is -0.388 e. The molecule has 1 aromatic heterocycles. The quantitative estimate of drug-likeness (QED) is 0.898. The number of pyridine rings is 1. The van der Waals surface area contributed by atoms with E-state index in [4.69, 9.17) is 0 Å². The number of urea groups is 1. The van der Waals surface area contributed by atoms with Gasteiger partial charge in [-0.15, -0.1) is 0 Å². The molecule has 0 saturated carbocycles. The van der Waals surface area contributed by atoms with Crippen molar-refractivity contribution in [3.8, 4) is 0 Å². The molecule has 0 aromatic carbocycles. The van der Waals surface area contributed by atoms with Gasteiger partial charge in [0.2, 0.25) is 0 Å². The second kappa shape index (κ2) is 6.12. The number of hydrogen-bond acceptors (Lipinski definition) is 4. The maximum atomic E-state index is 12.6. The van der Waals surface area contributed by atoms with Crippen molar-refractivity contribution in [1.29, 1.82) is 0 Å². The maximum absolute atomic E-state index is 12.6. The van der Waals surface area contributed by atoms with E-state index < -0.39 is 5.60 Å². The third-order valence-electron chi connectivity index (χ3n) is 4.01. The standard InChI is InChI=1S/C16H26N4O2/c1-11-8-9-12(14(17-11)19(4)5)18-15(21)20-10-6-7-13(20)16(2,3)22/h8-9,13,22H,6-7,10H2,1-5H3,(H,18,21). The highest BCUT2D eigenvalue weighted by Crippen LogP contribution is 2.28. The van der Waals surface area contributed by atoms with Gasteiger partial charge in [0.05, 0.1) is 17.3 Å². The topological polar surface area (TPSA) is 68.7 Å². The van der Waals surface area contributed by atoms with Crippen LogP contribution >= 0.6 is 0 Å². The van der Waals surface area contributed by atoms with Gasteiger partial charge in [-0.3, -0.25) is 0 Å². The number of likely N-dealkylation sites (tertiary alicyclic amines) is 1. The highest BCUT2D eigenvalue weighted by molar-refractivity contribution is 5.92. The zero-order valence-electron chi connectivity index (χ0n) is 14.1. The molecule has 0 aliphatic carbocycles. The second-order valence-corrected chi connectivity index (χ2v) is 6.65. The summed E-state index contributed by atoms with van der Waals surface area (Å²) in [6, 6.07) is 3.40. The number of hydrogen-bond donors (Lipinski definition) is 2. The van der Waals surface area contributed by atoms with E-state index in [1.54, 1.807) is 18.7 Å². The molecule has 2 N–H and O–H groups in total. The molecule has 6 heteroatoms. The Hall–Kier alpha value is -1.82. The molecular weight excluding hydrogens is 280 g/mol. The average Bonchev–Trinajstić information content (AvgIpc) is 2.89. The highest BCUT2D eigenvalue weighted by Gasteiger charge is 2.38. The number of nitrogens with zero attached hydrogens (tertiary/aromatic N) is 3. The molecule has 1 unspecified atom stereocenters. The molecule has 122 valence electrons. The van der Waals surface area contributed by atoms with Crippen molar-refractivity contribution in [2.75, 3.05) is 30.9 Å². The predicted octanol–water partition coefficient (Wildman–Crippen LogP) is 2.22. The first-order valence-electron chi connectivity index (χ1n) is 7.65. The Bertz CT molecular complexity index is 552. The Morgan fingerprint density at radius 2 is 2.14 bits per heavy atom. The Balaban J connectivity index is 2.19. The average molecular weight is 306 g/mol. The lowest BCUT2D eigenvalue weighted by Gasteiger charge is -2.34. The van der Waals surface area contributed by atoms with Crippen molar-refractivity contribution in [3.63, 3.8) is 0 Å². The van der Waals surface area contributed by atoms with Crippen LogP contribution in [0.4, 0.5) is 16.3 Å². The molecule has 1 saturated heterocycles. The van der Waals surface area contributed by atoms with Gasteiger partial charge < -0.3 is 20.2 Å². The normalized spacial score (nSPS) is 18.5. The first kappa shape index (κ1) is 16.5. The van der Waals surface area contributed by atoms with Crippen LogP contribution < -0.4 is 10.2 Å². The summed E-state index contributed by atoms with van der Waals surface area (Å²) in [7, 11) is 3.79. The summed E-state index contributed by atoms with van der Waals surface area (Å²) < 4.78 is 0. The van der Waals surface area contributed by atoms with Crippen molar-refractivity contribution >= 4 is 17.5 Å². The third-order valence-corrected chi connectivity index (χ3v) is 4.01. The molecule has 1 aliphatic rings. The molecule has 1 aliphatic heterocycles. The number of amides is 2. The second-order valence-electron chi connectivity index (χ2n) is 6.65. The van der Waals surface area contributed by atoms with Gasteiger partial charge in [-0.1, -0.05) is 0 Å². The predicted molar refractivity (Wildman–Crippen MR) is 88.3 cm³/mol. The number of carbonyl (C=O) groups is 1. The zero-order valence-corrected chi connectivity index (χ0v) is 14.1. The van der Waals surface area contributed by atoms with Crippen molar-refractivity contribution < 1.29 is 9.90 Å². The SMILES string of the molecule is Cc1ccc(NC(=O)N2CCCC2C(C)(C)O)c(N(C)C)n1. The van der Waals surface area contributed by atoms with Gasteiger partial charge >= 0.3 is 6.03 Å². The molecule has 1 atom stereocenters. The summed E-state index contributed by atoms with van der Waals surface area (Å²) in [6.07, 6.45) is 1.73. The third kappa shape index (κ3) is 3.50. The summed E-state index contributed by atoms with van der Waals surface area (Å²) in [4.78, 5) is 20.6. The Morgan fingerprint density at radius 3 is 2.73 bits per heavy atom. The van der Waals surface area contributed by atoms with Crippen LogP contribution in [0.15, 0.2) is 12.1 Å². The fourth-order valence-corrected chi connectivity index (χ4v) is 2.91. The van der Waals surface area contributed by atoms with Gasteiger partial charge in [-0.05, 0) is 45.7 Å². The van der Waals surface area contributed by atoms with Crippen LogP contribution in [0.25, 0.3) is 0 Å². The lowest BCUT2D eigenvalue weighted by molar-refractivity contribution is 0.0117. The van der Waals surface area contributed by atoms with Gasteiger partial charge in [0.25, 0.3) is 0 Å². The molecule has 0 radical (unpaired) electrons. The van der Waals surface area contributed by atoms with Crippen LogP contribution in [0.3, 0.4) is 0 Å². The monoisotopic (exact) mass is 306 g/mol. The Morgan fingerprint density at radius 1 is 1.45 bits per heavy atom. The van der Waals surface area contributed by atoms with Crippen molar-refractivity contribution in [3.05, 3.63) is 17.8 Å². The van der Waals surface area contributed by atoms with Gasteiger partial charge in [0.1, 0.15) is 0 Å². The molecular formula is C16H26N4O2. The minimum absolute atomic E-state index is 0.159. The van der Waals surface area contributed by atoms with Crippen LogP contribution in [-0.4, -0.2) is 53.3 Å². The van der Waals surface area contributed by atoms with Crippen LogP contribution in [0.1, 0.15) is 32.4 Å². The van der Waals surface area contributed by atoms with Gasteiger partial charge in [-0.2, -0.15) is 0 Å². The zero-order chi connectivity index (χ0) is 16.5. The Labute approximate surface area is 132 Å². The van der Waals surface area contributed by atoms with Crippen molar-refractivity contribution in [2.45, 2.75) is 45.3 Å². The molecule has 2 amide bonds. The molecule has 6 nitrogen and oxygen atoms in total. The maximum Gasteiger partial charge on any atom is 0.322 e. The van der Waals surface area contributed by atoms with E-state index in [0.717, 1.165) is 24.4 Å². The van der Waals surface area contributed by atoms with Crippen LogP contribution in [0, 0.1) is 6.92 Å². The van der Waals surface area contributed by atoms with E-state index in [2.05, 4.69) is 10.3 Å². The van der Waals surface area contributed by atoms with Crippen molar-refractivity contribution in [2.24, 2.45) is 0 Å². The van der Waals surface area contributed by atoms with Gasteiger partial charge in [0, 0.05) is 26.3 Å². The summed E-state index contributed by atoms with van der Waals surface area (Å²) in [5.74, 6) is 0.729. The molecule has 22 heavy (non-hydrogen) atoms. The lowest BCUT2D eigenvalue weighted by atomic mass is 9.97. The summed E-state index contributed by atoms with van der Waals surface area (Å²) >= 11 is 0. The number of aryl methyl sites for hydroxylation is 1. The summed E-state index contributed by atoms with van der Waals surface area (Å²) in [6.45, 7) is 6.09. The van der Waals surface area contributed by atoms with Crippen LogP contribution in [-0.2, 0) is 0 Å². The molecule has 0 bridgehead atoms. The summed E-state index contributed by atoms with van der Waals surface area (Å²) in [5.41, 5.74) is 0.684. The number of nitrogens with one attached hydrogen (secondary N) is 1. The van der Waals surface area contributed by atoms with Crippen molar-refractivity contribution in [1.82, 2.24) is 9.88 Å². The van der Waals surface area contributed by atoms with E-state index in [1.165, 1.54) is 0 Å². The number of aliphatic hydroxyl groups is 1. The number of rotatable bonds is 3. The first-order chi connectivity index (χ1) is 10.2. The lowest BCUT2D eigenvalue weighted by Crippen LogP contribution is -2.49. The van der Waals surface area contributed by atoms with Crippen LogP contribution in [0.5, 0.6) is 0 Å². The van der Waals surface area contributed by atoms with E-state index >= 15 is 0 Å². The smallest absolute Gasteiger partial charge is 0.322 e. The molecule has 1 fully saturated rings. The largest absolute Gasteiger partial charge is 0.388 e. The minimum atomic E-state index is -0.899. The number of anilines is 2. The molecule has 2 rings (SSSR count). The Kier molecular flexibility index (Phi) is 4.60. The fraction of sp³-hybridized carbons (Fsp3) is 0.625. The summed E-state index contributed by atoms with van der Waals surface area (Å²) in [5, 5.41) is 13.2. The van der Waals surface area contributed by atoms with Gasteiger partial charge in [0.15, 0.2) is 5.82 Å². The fourth-order valence-electron chi connectivity index (χ4n) is 2.91. The number of aromatic nitrogens is 1. The molecule has 1 aromatic rings. The first-order valence-corrected chi connectivity index (χ1v) is 7.65. The highest BCUT2D eigenvalue weighted by atomic mass is 16.3.